The summed E-state index contributed by atoms with van der Waals surface area (Å²) in [5.74, 6) is -3.23. The standard InChI is InChI=1S/C32H66O8/c1-14-18-20-23-36-40-32(38-28(9)17-4,39-29(10,11)12)30(13,25-33-21-16-3)31(37-27(7)8,34-22-19-15-2)35-24-26(5)6/h26-28H,14-25H2,1-13H3. The van der Waals surface area contributed by atoms with Crippen LogP contribution in [0, 0.1) is 11.3 Å². The smallest absolute Gasteiger partial charge is 0.328 e. The van der Waals surface area contributed by atoms with Gasteiger partial charge in [0.25, 0.3) is 5.97 Å². The molecule has 0 bridgehead atoms. The highest BCUT2D eigenvalue weighted by Crippen LogP contribution is 2.52. The van der Waals surface area contributed by atoms with Gasteiger partial charge in [-0.15, -0.1) is 0 Å². The summed E-state index contributed by atoms with van der Waals surface area (Å²) in [4.78, 5) is 12.3. The molecule has 0 saturated heterocycles. The Morgan fingerprint density at radius 3 is 1.80 bits per heavy atom. The van der Waals surface area contributed by atoms with Gasteiger partial charge in [-0.2, -0.15) is 4.89 Å². The number of rotatable bonds is 25. The van der Waals surface area contributed by atoms with E-state index in [9.17, 15) is 0 Å². The summed E-state index contributed by atoms with van der Waals surface area (Å²) in [7, 11) is 0. The fraction of sp³-hybridized carbons (Fsp3) is 1.00. The van der Waals surface area contributed by atoms with Crippen molar-refractivity contribution in [2.24, 2.45) is 11.3 Å². The summed E-state index contributed by atoms with van der Waals surface area (Å²) < 4.78 is 40.0. The largest absolute Gasteiger partial charge is 0.380 e. The minimum absolute atomic E-state index is 0.114. The predicted octanol–water partition coefficient (Wildman–Crippen LogP) is 8.41. The van der Waals surface area contributed by atoms with Crippen molar-refractivity contribution in [1.82, 2.24) is 0 Å². The molecule has 0 aliphatic carbocycles. The molecule has 0 spiro atoms. The Bertz CT molecular complexity index is 623. The zero-order valence-electron chi connectivity index (χ0n) is 28.5. The topological polar surface area (TPSA) is 73.8 Å². The van der Waals surface area contributed by atoms with Gasteiger partial charge in [-0.3, -0.25) is 0 Å². The van der Waals surface area contributed by atoms with Crippen LogP contribution in [0.4, 0.5) is 0 Å². The molecule has 8 nitrogen and oxygen atoms in total. The molecule has 0 heterocycles. The lowest BCUT2D eigenvalue weighted by Crippen LogP contribution is -2.71. The Labute approximate surface area is 247 Å². The van der Waals surface area contributed by atoms with Crippen LogP contribution in [-0.4, -0.2) is 62.8 Å². The summed E-state index contributed by atoms with van der Waals surface area (Å²) in [6.07, 6.45) is 5.79. The predicted molar refractivity (Wildman–Crippen MR) is 161 cm³/mol. The molecular weight excluding hydrogens is 512 g/mol. The van der Waals surface area contributed by atoms with Crippen LogP contribution >= 0.6 is 0 Å². The van der Waals surface area contributed by atoms with Crippen LogP contribution in [0.25, 0.3) is 0 Å². The third kappa shape index (κ3) is 13.3. The first-order valence-corrected chi connectivity index (χ1v) is 15.9. The van der Waals surface area contributed by atoms with Crippen LogP contribution in [0.15, 0.2) is 0 Å². The van der Waals surface area contributed by atoms with Gasteiger partial charge < -0.3 is 28.4 Å². The van der Waals surface area contributed by atoms with E-state index < -0.39 is 23.0 Å². The van der Waals surface area contributed by atoms with Crippen molar-refractivity contribution in [2.45, 2.75) is 165 Å². The third-order valence-electron chi connectivity index (χ3n) is 6.25. The average molecular weight is 579 g/mol. The lowest BCUT2D eigenvalue weighted by Gasteiger charge is -2.55. The van der Waals surface area contributed by atoms with E-state index in [1.54, 1.807) is 0 Å². The first-order valence-electron chi connectivity index (χ1n) is 15.9. The van der Waals surface area contributed by atoms with Crippen LogP contribution in [0.3, 0.4) is 0 Å². The zero-order chi connectivity index (χ0) is 30.9. The summed E-state index contributed by atoms with van der Waals surface area (Å²) in [6.45, 7) is 28.2. The third-order valence-corrected chi connectivity index (χ3v) is 6.25. The number of hydrogen-bond donors (Lipinski definition) is 0. The molecule has 242 valence electrons. The molecule has 8 heteroatoms. The Morgan fingerprint density at radius 1 is 0.650 bits per heavy atom. The lowest BCUT2D eigenvalue weighted by atomic mass is 9.83. The Balaban J connectivity index is 7.38. The first kappa shape index (κ1) is 39.7. The summed E-state index contributed by atoms with van der Waals surface area (Å²) in [5, 5.41) is 0. The highest BCUT2D eigenvalue weighted by atomic mass is 17.3. The molecule has 0 rings (SSSR count). The van der Waals surface area contributed by atoms with Crippen molar-refractivity contribution in [3.63, 3.8) is 0 Å². The van der Waals surface area contributed by atoms with Gasteiger partial charge in [0, 0.05) is 6.61 Å². The molecule has 0 saturated carbocycles. The molecule has 0 aromatic heterocycles. The SMILES string of the molecule is CCCCCOOC(OC(C)CC)(OC(C)(C)C)C(C)(COCCC)C(OCCCC)(OCC(C)C)OC(C)C. The highest BCUT2D eigenvalue weighted by molar-refractivity contribution is 4.96. The molecular formula is C32H66O8. The molecule has 0 aromatic rings. The molecule has 0 radical (unpaired) electrons. The van der Waals surface area contributed by atoms with E-state index in [2.05, 4.69) is 41.5 Å². The number of hydrogen-bond acceptors (Lipinski definition) is 8. The van der Waals surface area contributed by atoms with Crippen LogP contribution in [0.1, 0.15) is 135 Å². The summed E-state index contributed by atoms with van der Waals surface area (Å²) in [6, 6.07) is 0. The fourth-order valence-corrected chi connectivity index (χ4v) is 3.96. The van der Waals surface area contributed by atoms with Gasteiger partial charge in [0.05, 0.1) is 44.2 Å². The van der Waals surface area contributed by atoms with E-state index in [-0.39, 0.29) is 24.7 Å². The maximum absolute atomic E-state index is 6.81. The molecule has 0 amide bonds. The van der Waals surface area contributed by atoms with E-state index in [1.165, 1.54) is 0 Å². The summed E-state index contributed by atoms with van der Waals surface area (Å²) in [5.41, 5.74) is -2.00. The maximum atomic E-state index is 6.81. The minimum atomic E-state index is -1.81. The van der Waals surface area contributed by atoms with E-state index in [1.807, 2.05) is 48.5 Å². The second-order valence-electron chi connectivity index (χ2n) is 12.7. The van der Waals surface area contributed by atoms with E-state index in [0.29, 0.717) is 26.4 Å². The van der Waals surface area contributed by atoms with Crippen molar-refractivity contribution in [1.29, 1.82) is 0 Å². The van der Waals surface area contributed by atoms with Crippen LogP contribution in [0.5, 0.6) is 0 Å². The van der Waals surface area contributed by atoms with Crippen molar-refractivity contribution >= 4 is 0 Å². The lowest BCUT2D eigenvalue weighted by molar-refractivity contribution is -0.598. The molecule has 4 atom stereocenters. The van der Waals surface area contributed by atoms with Crippen LogP contribution in [0.2, 0.25) is 0 Å². The van der Waals surface area contributed by atoms with Gasteiger partial charge in [-0.1, -0.05) is 60.8 Å². The van der Waals surface area contributed by atoms with Gasteiger partial charge in [-0.25, -0.2) is 4.89 Å². The quantitative estimate of drug-likeness (QED) is 0.0463. The van der Waals surface area contributed by atoms with Gasteiger partial charge in [-0.05, 0) is 80.1 Å². The van der Waals surface area contributed by atoms with Gasteiger partial charge in [0.1, 0.15) is 0 Å². The number of unbranched alkanes of at least 4 members (excludes halogenated alkanes) is 3. The molecule has 4 unspecified atom stereocenters. The normalized spacial score (nSPS) is 18.1. The highest BCUT2D eigenvalue weighted by Gasteiger charge is 2.70. The average Bonchev–Trinajstić information content (AvgIpc) is 2.85. The van der Waals surface area contributed by atoms with Crippen molar-refractivity contribution < 1.29 is 38.2 Å². The Kier molecular flexibility index (Phi) is 19.6. The second kappa shape index (κ2) is 19.8. The molecule has 40 heavy (non-hydrogen) atoms. The first-order chi connectivity index (χ1) is 18.7. The van der Waals surface area contributed by atoms with Crippen LogP contribution < -0.4 is 0 Å². The zero-order valence-corrected chi connectivity index (χ0v) is 28.5. The monoisotopic (exact) mass is 578 g/mol. The van der Waals surface area contributed by atoms with E-state index in [0.717, 1.165) is 44.9 Å². The van der Waals surface area contributed by atoms with Crippen molar-refractivity contribution in [3.8, 4) is 0 Å². The van der Waals surface area contributed by atoms with E-state index in [4.69, 9.17) is 38.2 Å². The minimum Gasteiger partial charge on any atom is -0.380 e. The molecule has 0 aliphatic heterocycles. The Morgan fingerprint density at radius 2 is 1.30 bits per heavy atom. The van der Waals surface area contributed by atoms with E-state index >= 15 is 0 Å². The van der Waals surface area contributed by atoms with Crippen molar-refractivity contribution in [2.75, 3.05) is 33.0 Å². The number of ether oxygens (including phenoxy) is 6. The van der Waals surface area contributed by atoms with Crippen LogP contribution in [-0.2, 0) is 38.2 Å². The second-order valence-corrected chi connectivity index (χ2v) is 12.7. The Hall–Kier alpha value is -0.320. The van der Waals surface area contributed by atoms with Gasteiger partial charge in [0.15, 0.2) is 5.41 Å². The fourth-order valence-electron chi connectivity index (χ4n) is 3.96. The van der Waals surface area contributed by atoms with Gasteiger partial charge in [0.2, 0.25) is 0 Å². The molecule has 0 aromatic carbocycles. The van der Waals surface area contributed by atoms with Gasteiger partial charge >= 0.3 is 5.97 Å². The molecule has 0 aliphatic rings. The molecule has 0 N–H and O–H groups in total. The maximum Gasteiger partial charge on any atom is 0.328 e. The molecule has 0 fully saturated rings. The summed E-state index contributed by atoms with van der Waals surface area (Å²) >= 11 is 0. The van der Waals surface area contributed by atoms with Crippen molar-refractivity contribution in [3.05, 3.63) is 0 Å².